The largest absolute Gasteiger partial charge is 0.372 e. The minimum Gasteiger partial charge on any atom is -0.372 e. The van der Waals surface area contributed by atoms with Gasteiger partial charge in [-0.3, -0.25) is 10.1 Å². The van der Waals surface area contributed by atoms with Crippen LogP contribution in [-0.4, -0.2) is 4.92 Å². The molecule has 0 heterocycles. The number of rotatable bonds is 5. The van der Waals surface area contributed by atoms with Crippen LogP contribution in [0.1, 0.15) is 16.6 Å². The van der Waals surface area contributed by atoms with E-state index < -0.39 is 18.0 Å². The van der Waals surface area contributed by atoms with Gasteiger partial charge in [0.25, 0.3) is 5.69 Å². The van der Waals surface area contributed by atoms with Gasteiger partial charge in [0.2, 0.25) is 0 Å². The highest BCUT2D eigenvalue weighted by atomic mass is 16.6. The van der Waals surface area contributed by atoms with Crippen molar-refractivity contribution in [1.82, 2.24) is 0 Å². The molecule has 2 rings (SSSR count). The summed E-state index contributed by atoms with van der Waals surface area (Å²) in [4.78, 5) is 10.0. The number of benzene rings is 2. The second-order valence-corrected chi connectivity index (χ2v) is 3.48. The minimum absolute atomic E-state index is 0.00194. The third-order valence-corrected chi connectivity index (χ3v) is 2.19. The van der Waals surface area contributed by atoms with E-state index in [4.69, 9.17) is 10.2 Å². The zero-order valence-electron chi connectivity index (χ0n) is 13.4. The average molecular weight is 247 g/mol. The molecule has 0 spiro atoms. The third kappa shape index (κ3) is 3.40. The molecule has 2 aromatic carbocycles. The molecule has 0 aliphatic heterocycles. The monoisotopic (exact) mass is 247 g/mol. The SMILES string of the molecule is [2H]C([2H])(OC([2H])([2H])c1ccc([N+](=O)[O-])cc1)c1ccccc1. The zero-order valence-corrected chi connectivity index (χ0v) is 9.37. The predicted octanol–water partition coefficient (Wildman–Crippen LogP) is 3.31. The third-order valence-electron chi connectivity index (χ3n) is 2.19. The number of hydrogen-bond acceptors (Lipinski definition) is 3. The van der Waals surface area contributed by atoms with Crippen LogP contribution in [0.3, 0.4) is 0 Å². The highest BCUT2D eigenvalue weighted by Crippen LogP contribution is 2.13. The van der Waals surface area contributed by atoms with Gasteiger partial charge in [-0.25, -0.2) is 0 Å². The Morgan fingerprint density at radius 2 is 1.56 bits per heavy atom. The van der Waals surface area contributed by atoms with E-state index in [1.165, 1.54) is 24.3 Å². The fraction of sp³-hybridized carbons (Fsp3) is 0.143. The van der Waals surface area contributed by atoms with Crippen LogP contribution in [0, 0.1) is 10.1 Å². The van der Waals surface area contributed by atoms with Crippen LogP contribution >= 0.6 is 0 Å². The van der Waals surface area contributed by atoms with Crippen molar-refractivity contribution in [2.45, 2.75) is 13.1 Å². The Morgan fingerprint density at radius 3 is 2.11 bits per heavy atom. The van der Waals surface area contributed by atoms with Gasteiger partial charge >= 0.3 is 0 Å². The topological polar surface area (TPSA) is 52.4 Å². The van der Waals surface area contributed by atoms with Crippen LogP contribution < -0.4 is 0 Å². The number of nitrogens with zero attached hydrogens (tertiary/aromatic N) is 1. The standard InChI is InChI=1S/C14H13NO3/c16-15(17)14-8-6-13(7-9-14)11-18-10-12-4-2-1-3-5-12/h1-9H,10-11H2/i10D2,11D2. The number of ether oxygens (including phenoxy) is 1. The molecule has 0 N–H and O–H groups in total. The molecule has 0 aliphatic rings. The number of non-ortho nitro benzene ring substituents is 1. The molecule has 0 atom stereocenters. The van der Waals surface area contributed by atoms with Crippen molar-refractivity contribution in [2.24, 2.45) is 0 Å². The van der Waals surface area contributed by atoms with Crippen molar-refractivity contribution in [3.63, 3.8) is 0 Å². The van der Waals surface area contributed by atoms with Gasteiger partial charge in [0.15, 0.2) is 0 Å². The first kappa shape index (κ1) is 8.00. The lowest BCUT2D eigenvalue weighted by Gasteiger charge is -2.04. The molecule has 0 amide bonds. The summed E-state index contributed by atoms with van der Waals surface area (Å²) in [5.41, 5.74) is 0.00399. The predicted molar refractivity (Wildman–Crippen MR) is 68.0 cm³/mol. The van der Waals surface area contributed by atoms with E-state index in [1.54, 1.807) is 18.2 Å². The first-order valence-electron chi connectivity index (χ1n) is 7.23. The van der Waals surface area contributed by atoms with E-state index in [0.29, 0.717) is 0 Å². The lowest BCUT2D eigenvalue weighted by molar-refractivity contribution is -0.384. The van der Waals surface area contributed by atoms with Gasteiger partial charge in [-0.05, 0) is 23.3 Å². The average Bonchev–Trinajstić information content (AvgIpc) is 2.47. The maximum Gasteiger partial charge on any atom is 0.269 e. The molecule has 4 heteroatoms. The van der Waals surface area contributed by atoms with Crippen molar-refractivity contribution in [3.8, 4) is 0 Å². The van der Waals surface area contributed by atoms with E-state index in [9.17, 15) is 10.1 Å². The zero-order chi connectivity index (χ0) is 16.4. The number of hydrogen-bond donors (Lipinski definition) is 0. The Bertz CT molecular complexity index is 660. The summed E-state index contributed by atoms with van der Waals surface area (Å²) in [6.07, 6.45) is 0. The summed E-state index contributed by atoms with van der Waals surface area (Å²) >= 11 is 0. The molecule has 0 aliphatic carbocycles. The quantitative estimate of drug-likeness (QED) is 0.601. The molecule has 0 saturated carbocycles. The molecule has 0 fully saturated rings. The van der Waals surface area contributed by atoms with Crippen LogP contribution in [0.5, 0.6) is 0 Å². The van der Waals surface area contributed by atoms with Gasteiger partial charge in [-0.15, -0.1) is 0 Å². The minimum atomic E-state index is -2.44. The summed E-state index contributed by atoms with van der Waals surface area (Å²) in [6, 6.07) is 12.7. The normalized spacial score (nSPS) is 15.1. The molecule has 0 unspecified atom stereocenters. The first-order valence-corrected chi connectivity index (χ1v) is 5.23. The molecule has 0 bridgehead atoms. The molecule has 0 aromatic heterocycles. The summed E-state index contributed by atoms with van der Waals surface area (Å²) in [5, 5.41) is 10.6. The molecule has 4 nitrogen and oxygen atoms in total. The fourth-order valence-corrected chi connectivity index (χ4v) is 1.30. The van der Waals surface area contributed by atoms with Crippen LogP contribution in [-0.2, 0) is 17.9 Å². The van der Waals surface area contributed by atoms with Crippen molar-refractivity contribution in [3.05, 3.63) is 75.8 Å². The van der Waals surface area contributed by atoms with Gasteiger partial charge in [0.1, 0.15) is 0 Å². The van der Waals surface area contributed by atoms with Gasteiger partial charge in [0, 0.05) is 12.1 Å². The smallest absolute Gasteiger partial charge is 0.269 e. The van der Waals surface area contributed by atoms with Crippen molar-refractivity contribution >= 4 is 5.69 Å². The van der Waals surface area contributed by atoms with Gasteiger partial charge in [-0.2, -0.15) is 0 Å². The fourth-order valence-electron chi connectivity index (χ4n) is 1.30. The molecular weight excluding hydrogens is 230 g/mol. The second-order valence-electron chi connectivity index (χ2n) is 3.48. The Hall–Kier alpha value is -2.20. The van der Waals surface area contributed by atoms with E-state index in [1.807, 2.05) is 0 Å². The maximum atomic E-state index is 10.6. The van der Waals surface area contributed by atoms with Crippen LogP contribution in [0.25, 0.3) is 0 Å². The molecule has 0 radical (unpaired) electrons. The molecule has 92 valence electrons. The number of nitro groups is 1. The van der Waals surface area contributed by atoms with Gasteiger partial charge in [0.05, 0.1) is 23.5 Å². The molecule has 0 saturated heterocycles. The summed E-state index contributed by atoms with van der Waals surface area (Å²) in [6.45, 7) is -4.78. The maximum absolute atomic E-state index is 10.6. The summed E-state index contributed by atoms with van der Waals surface area (Å²) < 4.78 is 36.5. The Labute approximate surface area is 111 Å². The second kappa shape index (κ2) is 5.93. The highest BCUT2D eigenvalue weighted by molar-refractivity contribution is 5.32. The molecule has 2 aromatic rings. The Morgan fingerprint density at radius 1 is 1.00 bits per heavy atom. The van der Waals surface area contributed by atoms with Crippen LogP contribution in [0.4, 0.5) is 5.69 Å². The van der Waals surface area contributed by atoms with Crippen molar-refractivity contribution < 1.29 is 15.1 Å². The van der Waals surface area contributed by atoms with Crippen LogP contribution in [0.2, 0.25) is 0 Å². The first-order chi connectivity index (χ1) is 10.2. The lowest BCUT2D eigenvalue weighted by atomic mass is 10.2. The van der Waals surface area contributed by atoms with E-state index in [0.717, 1.165) is 12.1 Å². The molecular formula is C14H13NO3. The van der Waals surface area contributed by atoms with E-state index in [2.05, 4.69) is 0 Å². The van der Waals surface area contributed by atoms with Gasteiger partial charge < -0.3 is 4.74 Å². The van der Waals surface area contributed by atoms with Crippen molar-refractivity contribution in [1.29, 1.82) is 0 Å². The molecule has 18 heavy (non-hydrogen) atoms. The number of nitro benzene ring substituents is 1. The van der Waals surface area contributed by atoms with E-state index in [-0.39, 0.29) is 16.8 Å². The highest BCUT2D eigenvalue weighted by Gasteiger charge is 2.03. The van der Waals surface area contributed by atoms with Gasteiger partial charge in [-0.1, -0.05) is 30.3 Å². The Balaban J connectivity index is 2.25. The summed E-state index contributed by atoms with van der Waals surface area (Å²) in [5.74, 6) is 0. The van der Waals surface area contributed by atoms with Crippen LogP contribution in [0.15, 0.2) is 54.6 Å². The lowest BCUT2D eigenvalue weighted by Crippen LogP contribution is -1.94. The van der Waals surface area contributed by atoms with Crippen molar-refractivity contribution in [2.75, 3.05) is 0 Å². The van der Waals surface area contributed by atoms with E-state index >= 15 is 0 Å². The summed E-state index contributed by atoms with van der Waals surface area (Å²) in [7, 11) is 0. The Kier molecular flexibility index (Phi) is 2.64.